The third kappa shape index (κ3) is 4.43. The van der Waals surface area contributed by atoms with E-state index in [1.807, 2.05) is 116 Å². The Morgan fingerprint density at radius 3 is 2.06 bits per heavy atom. The average Bonchev–Trinajstić information content (AvgIpc) is 2.88. The van der Waals surface area contributed by atoms with Crippen molar-refractivity contribution in [3.05, 3.63) is 136 Å². The molecule has 0 saturated carbocycles. The predicted octanol–water partition coefficient (Wildman–Crippen LogP) is 7.38. The van der Waals surface area contributed by atoms with Gasteiger partial charge in [-0.05, 0) is 42.3 Å². The van der Waals surface area contributed by atoms with Gasteiger partial charge in [-0.2, -0.15) is 0 Å². The van der Waals surface area contributed by atoms with E-state index in [1.165, 1.54) is 0 Å². The number of carbonyl (C=O) groups is 1. The molecule has 5 rings (SSSR count). The van der Waals surface area contributed by atoms with Crippen LogP contribution in [0, 0.1) is 6.92 Å². The van der Waals surface area contributed by atoms with Crippen molar-refractivity contribution in [2.24, 2.45) is 0 Å². The number of hydrogen-bond acceptors (Lipinski definition) is 2. The summed E-state index contributed by atoms with van der Waals surface area (Å²) in [5.41, 5.74) is 5.89. The van der Waals surface area contributed by atoms with Crippen LogP contribution in [-0.4, -0.2) is 10.9 Å². The molecule has 1 aromatic heterocycles. The highest BCUT2D eigenvalue weighted by Crippen LogP contribution is 2.31. The summed E-state index contributed by atoms with van der Waals surface area (Å²) in [5.74, 6) is -0.163. The Morgan fingerprint density at radius 2 is 1.41 bits per heavy atom. The first-order valence-electron chi connectivity index (χ1n) is 11.2. The zero-order valence-corrected chi connectivity index (χ0v) is 19.5. The van der Waals surface area contributed by atoms with Crippen molar-refractivity contribution in [1.82, 2.24) is 10.3 Å². The van der Waals surface area contributed by atoms with Crippen molar-refractivity contribution in [2.75, 3.05) is 0 Å². The van der Waals surface area contributed by atoms with Gasteiger partial charge in [0.2, 0.25) is 0 Å². The van der Waals surface area contributed by atoms with Crippen LogP contribution in [0.3, 0.4) is 0 Å². The zero-order chi connectivity index (χ0) is 23.5. The number of aromatic nitrogens is 1. The fourth-order valence-electron chi connectivity index (χ4n) is 4.19. The Bertz CT molecular complexity index is 1430. The van der Waals surface area contributed by atoms with Gasteiger partial charge in [0.05, 0.1) is 22.8 Å². The molecule has 0 aliphatic heterocycles. The van der Waals surface area contributed by atoms with E-state index < -0.39 is 0 Å². The molecule has 0 saturated heterocycles. The van der Waals surface area contributed by atoms with Gasteiger partial charge in [0.15, 0.2) is 0 Å². The van der Waals surface area contributed by atoms with E-state index in [-0.39, 0.29) is 11.9 Å². The summed E-state index contributed by atoms with van der Waals surface area (Å²) >= 11 is 6.47. The Balaban J connectivity index is 1.63. The van der Waals surface area contributed by atoms with E-state index >= 15 is 0 Å². The fourth-order valence-corrected chi connectivity index (χ4v) is 4.43. The molecule has 0 atom stereocenters. The van der Waals surface area contributed by atoms with Crippen LogP contribution in [0.5, 0.6) is 0 Å². The second-order valence-electron chi connectivity index (χ2n) is 8.28. The molecule has 0 fully saturated rings. The number of pyridine rings is 1. The van der Waals surface area contributed by atoms with Crippen molar-refractivity contribution in [1.29, 1.82) is 0 Å². The Morgan fingerprint density at radius 1 is 0.794 bits per heavy atom. The quantitative estimate of drug-likeness (QED) is 0.296. The molecule has 166 valence electrons. The van der Waals surface area contributed by atoms with E-state index in [4.69, 9.17) is 16.6 Å². The van der Waals surface area contributed by atoms with E-state index in [0.717, 1.165) is 33.2 Å². The van der Waals surface area contributed by atoms with Gasteiger partial charge in [-0.3, -0.25) is 4.79 Å². The van der Waals surface area contributed by atoms with Crippen LogP contribution in [-0.2, 0) is 0 Å². The molecule has 0 aliphatic rings. The number of amides is 1. The Kier molecular flexibility index (Phi) is 6.11. The molecule has 4 aromatic carbocycles. The minimum Gasteiger partial charge on any atom is -0.341 e. The minimum atomic E-state index is -0.285. The highest BCUT2D eigenvalue weighted by Gasteiger charge is 2.21. The number of halogens is 1. The molecule has 34 heavy (non-hydrogen) atoms. The van der Waals surface area contributed by atoms with E-state index in [1.54, 1.807) is 0 Å². The molecule has 0 radical (unpaired) electrons. The second kappa shape index (κ2) is 9.50. The molecule has 4 heteroatoms. The maximum atomic E-state index is 13.8. The molecule has 0 bridgehead atoms. The van der Waals surface area contributed by atoms with E-state index in [9.17, 15) is 4.79 Å². The predicted molar refractivity (Wildman–Crippen MR) is 139 cm³/mol. The zero-order valence-electron chi connectivity index (χ0n) is 18.7. The van der Waals surface area contributed by atoms with Gasteiger partial charge < -0.3 is 5.32 Å². The summed E-state index contributed by atoms with van der Waals surface area (Å²) in [7, 11) is 0. The Hall–Kier alpha value is -3.95. The van der Waals surface area contributed by atoms with Gasteiger partial charge in [-0.25, -0.2) is 4.98 Å². The highest BCUT2D eigenvalue weighted by atomic mass is 35.5. The van der Waals surface area contributed by atoms with Gasteiger partial charge >= 0.3 is 0 Å². The molecule has 3 nitrogen and oxygen atoms in total. The standard InChI is InChI=1S/C30H23ClN2O/c1-20-16-17-27-24(18-20)25(19-28(32-27)23-14-8-9-15-26(23)31)30(34)33-29(21-10-4-2-5-11-21)22-12-6-3-7-13-22/h2-19,29H,1H3,(H,33,34). The lowest BCUT2D eigenvalue weighted by Gasteiger charge is -2.21. The van der Waals surface area contributed by atoms with Crippen LogP contribution < -0.4 is 5.32 Å². The number of nitrogens with zero attached hydrogens (tertiary/aromatic N) is 1. The lowest BCUT2D eigenvalue weighted by molar-refractivity contribution is 0.0944. The van der Waals surface area contributed by atoms with Gasteiger partial charge in [-0.15, -0.1) is 0 Å². The highest BCUT2D eigenvalue weighted by molar-refractivity contribution is 6.33. The largest absolute Gasteiger partial charge is 0.341 e. The van der Waals surface area contributed by atoms with Crippen molar-refractivity contribution >= 4 is 28.4 Å². The van der Waals surface area contributed by atoms with E-state index in [2.05, 4.69) is 5.32 Å². The third-order valence-corrected chi connectivity index (χ3v) is 6.23. The lowest BCUT2D eigenvalue weighted by atomic mass is 9.97. The number of benzene rings is 4. The molecule has 0 spiro atoms. The topological polar surface area (TPSA) is 42.0 Å². The maximum absolute atomic E-state index is 13.8. The molecule has 5 aromatic rings. The van der Waals surface area contributed by atoms with Crippen molar-refractivity contribution in [3.8, 4) is 11.3 Å². The normalized spacial score (nSPS) is 11.0. The van der Waals surface area contributed by atoms with Crippen molar-refractivity contribution in [3.63, 3.8) is 0 Å². The first kappa shape index (κ1) is 21.9. The minimum absolute atomic E-state index is 0.163. The summed E-state index contributed by atoms with van der Waals surface area (Å²) in [4.78, 5) is 18.6. The summed E-state index contributed by atoms with van der Waals surface area (Å²) in [6, 6.07) is 35.1. The van der Waals surface area contributed by atoms with Crippen LogP contribution in [0.1, 0.15) is 33.1 Å². The monoisotopic (exact) mass is 462 g/mol. The van der Waals surface area contributed by atoms with Gasteiger partial charge in [0, 0.05) is 16.0 Å². The van der Waals surface area contributed by atoms with Crippen LogP contribution in [0.4, 0.5) is 0 Å². The van der Waals surface area contributed by atoms with Crippen molar-refractivity contribution < 1.29 is 4.79 Å². The van der Waals surface area contributed by atoms with E-state index in [0.29, 0.717) is 16.3 Å². The number of hydrogen-bond donors (Lipinski definition) is 1. The molecule has 1 heterocycles. The lowest BCUT2D eigenvalue weighted by Crippen LogP contribution is -2.29. The second-order valence-corrected chi connectivity index (χ2v) is 8.69. The summed E-state index contributed by atoms with van der Waals surface area (Å²) < 4.78 is 0. The molecule has 1 amide bonds. The number of fused-ring (bicyclic) bond motifs is 1. The van der Waals surface area contributed by atoms with Crippen LogP contribution in [0.2, 0.25) is 5.02 Å². The molecule has 1 N–H and O–H groups in total. The van der Waals surface area contributed by atoms with Gasteiger partial charge in [0.25, 0.3) is 5.91 Å². The third-order valence-electron chi connectivity index (χ3n) is 5.90. The Labute approximate surface area is 204 Å². The van der Waals surface area contributed by atoms with Crippen LogP contribution >= 0.6 is 11.6 Å². The molecule has 0 unspecified atom stereocenters. The van der Waals surface area contributed by atoms with Gasteiger partial charge in [-0.1, -0.05) is 102 Å². The fraction of sp³-hybridized carbons (Fsp3) is 0.0667. The molecular weight excluding hydrogens is 440 g/mol. The first-order chi connectivity index (χ1) is 16.6. The maximum Gasteiger partial charge on any atom is 0.252 e. The number of nitrogens with one attached hydrogen (secondary N) is 1. The number of rotatable bonds is 5. The molecular formula is C30H23ClN2O. The summed E-state index contributed by atoms with van der Waals surface area (Å²) in [5, 5.41) is 4.68. The molecule has 0 aliphatic carbocycles. The average molecular weight is 463 g/mol. The number of carbonyl (C=O) groups excluding carboxylic acids is 1. The smallest absolute Gasteiger partial charge is 0.252 e. The first-order valence-corrected chi connectivity index (χ1v) is 11.5. The summed E-state index contributed by atoms with van der Waals surface area (Å²) in [6.07, 6.45) is 0. The summed E-state index contributed by atoms with van der Waals surface area (Å²) in [6.45, 7) is 2.01. The van der Waals surface area contributed by atoms with Crippen LogP contribution in [0.25, 0.3) is 22.2 Å². The van der Waals surface area contributed by atoms with Crippen LogP contribution in [0.15, 0.2) is 109 Å². The number of aryl methyl sites for hydroxylation is 1. The SMILES string of the molecule is Cc1ccc2nc(-c3ccccc3Cl)cc(C(=O)NC(c3ccccc3)c3ccccc3)c2c1. The van der Waals surface area contributed by atoms with Gasteiger partial charge in [0.1, 0.15) is 0 Å². The van der Waals surface area contributed by atoms with Crippen molar-refractivity contribution in [2.45, 2.75) is 13.0 Å².